The number of aryl methyl sites for hydroxylation is 2. The van der Waals surface area contributed by atoms with E-state index >= 15 is 0 Å². The Balaban J connectivity index is 1.73. The minimum atomic E-state index is -0.290. The summed E-state index contributed by atoms with van der Waals surface area (Å²) in [6.45, 7) is 4.06. The molecule has 0 spiro atoms. The van der Waals surface area contributed by atoms with Crippen molar-refractivity contribution in [2.75, 3.05) is 11.1 Å². The number of anilines is 1. The van der Waals surface area contributed by atoms with E-state index in [1.807, 2.05) is 55.5 Å². The number of benzene rings is 2. The molecule has 1 aliphatic rings. The number of allylic oxidation sites excluding steroid dienone is 1. The number of hydrogen-bond donors (Lipinski definition) is 2. The molecule has 0 bridgehead atoms. The van der Waals surface area contributed by atoms with Crippen molar-refractivity contribution in [3.8, 4) is 6.07 Å². The highest BCUT2D eigenvalue weighted by Gasteiger charge is 2.29. The van der Waals surface area contributed by atoms with E-state index in [-0.39, 0.29) is 29.9 Å². The van der Waals surface area contributed by atoms with Crippen LogP contribution in [0.5, 0.6) is 0 Å². The number of nitriles is 1. The van der Waals surface area contributed by atoms with Gasteiger partial charge in [-0.05, 0) is 36.6 Å². The molecule has 1 heterocycles. The van der Waals surface area contributed by atoms with Gasteiger partial charge < -0.3 is 10.6 Å². The number of nitrogens with zero attached hydrogens (tertiary/aromatic N) is 1. The lowest BCUT2D eigenvalue weighted by molar-refractivity contribution is -0.121. The van der Waals surface area contributed by atoms with Gasteiger partial charge in [-0.25, -0.2) is 0 Å². The molecule has 1 atom stereocenters. The SMILES string of the molecule is CCc1ccc(C2CC(=O)NC(SCC(=O)Nc3ccc(C)cc3)=C2C#N)cc1. The molecular weight excluding hydrogens is 382 g/mol. The molecule has 3 rings (SSSR count). The van der Waals surface area contributed by atoms with Gasteiger partial charge in [0.25, 0.3) is 0 Å². The van der Waals surface area contributed by atoms with Crippen LogP contribution in [0.15, 0.2) is 59.1 Å². The topological polar surface area (TPSA) is 82.0 Å². The number of hydrogen-bond acceptors (Lipinski definition) is 4. The summed E-state index contributed by atoms with van der Waals surface area (Å²) >= 11 is 1.18. The molecule has 1 unspecified atom stereocenters. The van der Waals surface area contributed by atoms with Gasteiger partial charge in [0.1, 0.15) is 0 Å². The maximum atomic E-state index is 12.3. The quantitative estimate of drug-likeness (QED) is 0.752. The Hall–Kier alpha value is -3.04. The molecule has 6 heteroatoms. The van der Waals surface area contributed by atoms with Crippen LogP contribution in [0.25, 0.3) is 0 Å². The molecule has 2 aromatic carbocycles. The van der Waals surface area contributed by atoms with Gasteiger partial charge in [0.05, 0.1) is 22.4 Å². The highest BCUT2D eigenvalue weighted by atomic mass is 32.2. The van der Waals surface area contributed by atoms with Crippen LogP contribution in [0.2, 0.25) is 0 Å². The summed E-state index contributed by atoms with van der Waals surface area (Å²) in [6.07, 6.45) is 1.16. The van der Waals surface area contributed by atoms with Gasteiger partial charge in [0, 0.05) is 18.0 Å². The van der Waals surface area contributed by atoms with Crippen molar-refractivity contribution in [1.82, 2.24) is 5.32 Å². The van der Waals surface area contributed by atoms with E-state index < -0.39 is 0 Å². The summed E-state index contributed by atoms with van der Waals surface area (Å²) in [5.41, 5.74) is 4.48. The van der Waals surface area contributed by atoms with E-state index in [1.165, 1.54) is 17.3 Å². The van der Waals surface area contributed by atoms with Gasteiger partial charge in [-0.2, -0.15) is 5.26 Å². The Morgan fingerprint density at radius 2 is 1.90 bits per heavy atom. The zero-order chi connectivity index (χ0) is 20.8. The third-order valence-corrected chi connectivity index (χ3v) is 5.85. The van der Waals surface area contributed by atoms with E-state index in [2.05, 4.69) is 23.6 Å². The third kappa shape index (κ3) is 5.27. The molecule has 2 amide bonds. The average Bonchev–Trinajstić information content (AvgIpc) is 2.73. The van der Waals surface area contributed by atoms with Crippen molar-refractivity contribution in [3.05, 3.63) is 75.8 Å². The highest BCUT2D eigenvalue weighted by Crippen LogP contribution is 2.36. The number of rotatable bonds is 6. The van der Waals surface area contributed by atoms with Crippen LogP contribution < -0.4 is 10.6 Å². The fourth-order valence-electron chi connectivity index (χ4n) is 3.18. The molecule has 2 aromatic rings. The molecular formula is C23H23N3O2S. The summed E-state index contributed by atoms with van der Waals surface area (Å²) in [4.78, 5) is 24.5. The van der Waals surface area contributed by atoms with E-state index in [1.54, 1.807) is 0 Å². The molecule has 5 nitrogen and oxygen atoms in total. The first-order valence-electron chi connectivity index (χ1n) is 9.52. The number of carbonyl (C=O) groups excluding carboxylic acids is 2. The molecule has 0 fully saturated rings. The normalized spacial score (nSPS) is 16.2. The molecule has 0 radical (unpaired) electrons. The first-order valence-corrected chi connectivity index (χ1v) is 10.5. The first-order chi connectivity index (χ1) is 14.0. The van der Waals surface area contributed by atoms with Crippen LogP contribution in [-0.4, -0.2) is 17.6 Å². The zero-order valence-electron chi connectivity index (χ0n) is 16.5. The van der Waals surface area contributed by atoms with Crippen molar-refractivity contribution in [3.63, 3.8) is 0 Å². The molecule has 2 N–H and O–H groups in total. The van der Waals surface area contributed by atoms with Gasteiger partial charge in [-0.15, -0.1) is 0 Å². The lowest BCUT2D eigenvalue weighted by Gasteiger charge is -2.25. The molecule has 1 aliphatic heterocycles. The lowest BCUT2D eigenvalue weighted by Crippen LogP contribution is -2.31. The Labute approximate surface area is 175 Å². The number of carbonyl (C=O) groups is 2. The average molecular weight is 406 g/mol. The Morgan fingerprint density at radius 1 is 1.21 bits per heavy atom. The van der Waals surface area contributed by atoms with Gasteiger partial charge >= 0.3 is 0 Å². The Kier molecular flexibility index (Phi) is 6.73. The van der Waals surface area contributed by atoms with Crippen molar-refractivity contribution in [2.24, 2.45) is 0 Å². The van der Waals surface area contributed by atoms with Gasteiger partial charge in [0.2, 0.25) is 11.8 Å². The van der Waals surface area contributed by atoms with Crippen LogP contribution in [0, 0.1) is 18.3 Å². The summed E-state index contributed by atoms with van der Waals surface area (Å²) in [7, 11) is 0. The van der Waals surface area contributed by atoms with E-state index in [0.717, 1.165) is 23.2 Å². The van der Waals surface area contributed by atoms with Crippen molar-refractivity contribution < 1.29 is 9.59 Å². The fourth-order valence-corrected chi connectivity index (χ4v) is 4.05. The standard InChI is InChI=1S/C23H23N3O2S/c1-3-16-6-8-17(9-7-16)19-12-21(27)26-23(20(19)13-24)29-14-22(28)25-18-10-4-15(2)5-11-18/h4-11,19H,3,12,14H2,1-2H3,(H,25,28)(H,26,27). The molecule has 148 valence electrons. The van der Waals surface area contributed by atoms with E-state index in [9.17, 15) is 14.9 Å². The van der Waals surface area contributed by atoms with E-state index in [4.69, 9.17) is 0 Å². The minimum Gasteiger partial charge on any atom is -0.325 e. The summed E-state index contributed by atoms with van der Waals surface area (Å²) < 4.78 is 0. The van der Waals surface area contributed by atoms with Crippen LogP contribution in [-0.2, 0) is 16.0 Å². The monoisotopic (exact) mass is 405 g/mol. The van der Waals surface area contributed by atoms with Gasteiger partial charge in [0.15, 0.2) is 0 Å². The fraction of sp³-hybridized carbons (Fsp3) is 0.261. The Morgan fingerprint density at radius 3 is 2.52 bits per heavy atom. The summed E-state index contributed by atoms with van der Waals surface area (Å²) in [5, 5.41) is 15.8. The summed E-state index contributed by atoms with van der Waals surface area (Å²) in [6, 6.07) is 17.8. The van der Waals surface area contributed by atoms with Gasteiger partial charge in [-0.3, -0.25) is 9.59 Å². The number of amides is 2. The predicted octanol–water partition coefficient (Wildman–Crippen LogP) is 4.27. The van der Waals surface area contributed by atoms with Crippen LogP contribution in [0.4, 0.5) is 5.69 Å². The van der Waals surface area contributed by atoms with Crippen LogP contribution in [0.1, 0.15) is 36.0 Å². The predicted molar refractivity (Wildman–Crippen MR) is 116 cm³/mol. The highest BCUT2D eigenvalue weighted by molar-refractivity contribution is 8.03. The second-order valence-corrected chi connectivity index (χ2v) is 7.94. The summed E-state index contributed by atoms with van der Waals surface area (Å²) in [5.74, 6) is -0.513. The molecule has 0 aliphatic carbocycles. The first kappa shape index (κ1) is 20.7. The largest absolute Gasteiger partial charge is 0.325 e. The molecule has 29 heavy (non-hydrogen) atoms. The van der Waals surface area contributed by atoms with Crippen molar-refractivity contribution in [1.29, 1.82) is 5.26 Å². The van der Waals surface area contributed by atoms with Gasteiger partial charge in [-0.1, -0.05) is 60.6 Å². The van der Waals surface area contributed by atoms with Crippen molar-refractivity contribution in [2.45, 2.75) is 32.6 Å². The smallest absolute Gasteiger partial charge is 0.234 e. The number of thioether (sulfide) groups is 1. The molecule has 0 aromatic heterocycles. The third-order valence-electron chi connectivity index (χ3n) is 4.83. The van der Waals surface area contributed by atoms with Crippen molar-refractivity contribution >= 4 is 29.3 Å². The van der Waals surface area contributed by atoms with Crippen LogP contribution >= 0.6 is 11.8 Å². The maximum absolute atomic E-state index is 12.3. The second kappa shape index (κ2) is 9.44. The lowest BCUT2D eigenvalue weighted by atomic mass is 9.86. The number of nitrogens with one attached hydrogen (secondary N) is 2. The zero-order valence-corrected chi connectivity index (χ0v) is 17.3. The molecule has 0 saturated carbocycles. The van der Waals surface area contributed by atoms with Crippen LogP contribution in [0.3, 0.4) is 0 Å². The second-order valence-electron chi connectivity index (χ2n) is 6.96. The van der Waals surface area contributed by atoms with E-state index in [0.29, 0.717) is 10.6 Å². The minimum absolute atomic E-state index is 0.107. The maximum Gasteiger partial charge on any atom is 0.234 e. The Bertz CT molecular complexity index is 973. The molecule has 0 saturated heterocycles.